The summed E-state index contributed by atoms with van der Waals surface area (Å²) in [7, 11) is 1.88. The smallest absolute Gasteiger partial charge is 0.256 e. The standard InChI is InChI=1S/C22H19ClN4O/c1-13-8-9-15(23)10-20(13)26-22(28)17-11-21(18-12-24-27(3)14(18)2)25-19-7-5-4-6-16(17)19/h4-12H,1-3H3,(H,26,28). The molecule has 0 fully saturated rings. The van der Waals surface area contributed by atoms with Crippen LogP contribution in [-0.2, 0) is 7.05 Å². The Kier molecular flexibility index (Phi) is 4.61. The molecule has 2 heterocycles. The van der Waals surface area contributed by atoms with Gasteiger partial charge in [-0.05, 0) is 43.7 Å². The van der Waals surface area contributed by atoms with Crippen LogP contribution in [0.25, 0.3) is 22.2 Å². The van der Waals surface area contributed by atoms with Gasteiger partial charge in [0.15, 0.2) is 0 Å². The summed E-state index contributed by atoms with van der Waals surface area (Å²) in [5.41, 5.74) is 5.56. The number of halogens is 1. The molecule has 0 spiro atoms. The Morgan fingerprint density at radius 3 is 2.64 bits per heavy atom. The second-order valence-electron chi connectivity index (χ2n) is 6.75. The van der Waals surface area contributed by atoms with Crippen molar-refractivity contribution in [1.82, 2.24) is 14.8 Å². The van der Waals surface area contributed by atoms with Crippen molar-refractivity contribution in [2.24, 2.45) is 7.05 Å². The number of para-hydroxylation sites is 1. The minimum atomic E-state index is -0.202. The summed E-state index contributed by atoms with van der Waals surface area (Å²) in [5.74, 6) is -0.202. The van der Waals surface area contributed by atoms with Gasteiger partial charge >= 0.3 is 0 Å². The molecule has 0 radical (unpaired) electrons. The van der Waals surface area contributed by atoms with Gasteiger partial charge in [0.25, 0.3) is 5.91 Å². The fourth-order valence-corrected chi connectivity index (χ4v) is 3.34. The highest BCUT2D eigenvalue weighted by Gasteiger charge is 2.17. The van der Waals surface area contributed by atoms with Gasteiger partial charge in [-0.3, -0.25) is 9.48 Å². The highest BCUT2D eigenvalue weighted by Crippen LogP contribution is 2.28. The largest absolute Gasteiger partial charge is 0.322 e. The molecule has 0 saturated heterocycles. The molecular formula is C22H19ClN4O. The van der Waals surface area contributed by atoms with Gasteiger partial charge in [0.2, 0.25) is 0 Å². The number of anilines is 1. The van der Waals surface area contributed by atoms with Gasteiger partial charge in [0.05, 0.1) is 23.0 Å². The molecule has 0 saturated carbocycles. The van der Waals surface area contributed by atoms with Gasteiger partial charge in [-0.15, -0.1) is 0 Å². The van der Waals surface area contributed by atoms with Crippen LogP contribution >= 0.6 is 11.6 Å². The average molecular weight is 391 g/mol. The summed E-state index contributed by atoms with van der Waals surface area (Å²) >= 11 is 6.10. The lowest BCUT2D eigenvalue weighted by molar-refractivity contribution is 0.102. The normalized spacial score (nSPS) is 11.0. The molecule has 28 heavy (non-hydrogen) atoms. The third-order valence-electron chi connectivity index (χ3n) is 4.92. The number of aryl methyl sites for hydroxylation is 2. The zero-order chi connectivity index (χ0) is 19.8. The number of amides is 1. The van der Waals surface area contributed by atoms with Crippen molar-refractivity contribution >= 4 is 34.1 Å². The Balaban J connectivity index is 1.84. The molecule has 140 valence electrons. The summed E-state index contributed by atoms with van der Waals surface area (Å²) in [4.78, 5) is 17.9. The van der Waals surface area contributed by atoms with Crippen LogP contribution < -0.4 is 5.32 Å². The van der Waals surface area contributed by atoms with Crippen LogP contribution in [0.3, 0.4) is 0 Å². The highest BCUT2D eigenvalue weighted by atomic mass is 35.5. The summed E-state index contributed by atoms with van der Waals surface area (Å²) in [6, 6.07) is 14.9. The van der Waals surface area contributed by atoms with Crippen molar-refractivity contribution in [2.75, 3.05) is 5.32 Å². The van der Waals surface area contributed by atoms with E-state index in [2.05, 4.69) is 10.4 Å². The second-order valence-corrected chi connectivity index (χ2v) is 7.19. The number of pyridine rings is 1. The highest BCUT2D eigenvalue weighted by molar-refractivity contribution is 6.31. The molecule has 4 aromatic rings. The molecule has 0 aliphatic rings. The van der Waals surface area contributed by atoms with Gasteiger partial charge in [-0.1, -0.05) is 35.9 Å². The fourth-order valence-electron chi connectivity index (χ4n) is 3.17. The molecule has 1 N–H and O–H groups in total. The predicted molar refractivity (Wildman–Crippen MR) is 113 cm³/mol. The van der Waals surface area contributed by atoms with Gasteiger partial charge in [-0.25, -0.2) is 4.98 Å². The van der Waals surface area contributed by atoms with Crippen LogP contribution in [0.4, 0.5) is 5.69 Å². The van der Waals surface area contributed by atoms with E-state index in [9.17, 15) is 4.79 Å². The lowest BCUT2D eigenvalue weighted by Gasteiger charge is -2.12. The summed E-state index contributed by atoms with van der Waals surface area (Å²) < 4.78 is 1.79. The molecule has 0 aliphatic carbocycles. The zero-order valence-corrected chi connectivity index (χ0v) is 16.6. The lowest BCUT2D eigenvalue weighted by Crippen LogP contribution is -2.14. The van der Waals surface area contributed by atoms with E-state index < -0.39 is 0 Å². The first-order valence-electron chi connectivity index (χ1n) is 8.90. The number of nitrogens with one attached hydrogen (secondary N) is 1. The quantitative estimate of drug-likeness (QED) is 0.525. The van der Waals surface area contributed by atoms with Crippen molar-refractivity contribution in [2.45, 2.75) is 13.8 Å². The van der Waals surface area contributed by atoms with Crippen molar-refractivity contribution in [3.8, 4) is 11.3 Å². The van der Waals surface area contributed by atoms with Crippen molar-refractivity contribution in [3.63, 3.8) is 0 Å². The number of fused-ring (bicyclic) bond motifs is 1. The fraction of sp³-hybridized carbons (Fsp3) is 0.136. The Morgan fingerprint density at radius 2 is 1.89 bits per heavy atom. The third kappa shape index (κ3) is 3.25. The van der Waals surface area contributed by atoms with Crippen LogP contribution in [-0.4, -0.2) is 20.7 Å². The molecule has 0 bridgehead atoms. The van der Waals surface area contributed by atoms with Crippen molar-refractivity contribution < 1.29 is 4.79 Å². The van der Waals surface area contributed by atoms with E-state index in [0.717, 1.165) is 33.4 Å². The number of carbonyl (C=O) groups excluding carboxylic acids is 1. The Morgan fingerprint density at radius 1 is 1.11 bits per heavy atom. The van der Waals surface area contributed by atoms with Crippen LogP contribution in [0.5, 0.6) is 0 Å². The summed E-state index contributed by atoms with van der Waals surface area (Å²) in [6.45, 7) is 3.91. The maximum atomic E-state index is 13.2. The Bertz CT molecular complexity index is 1210. The number of rotatable bonds is 3. The molecular weight excluding hydrogens is 372 g/mol. The first-order valence-corrected chi connectivity index (χ1v) is 9.28. The molecule has 1 amide bonds. The van der Waals surface area contributed by atoms with Gasteiger partial charge in [-0.2, -0.15) is 5.10 Å². The van der Waals surface area contributed by atoms with Gasteiger partial charge < -0.3 is 5.32 Å². The van der Waals surface area contributed by atoms with E-state index in [4.69, 9.17) is 16.6 Å². The van der Waals surface area contributed by atoms with Crippen LogP contribution in [0, 0.1) is 13.8 Å². The summed E-state index contributed by atoms with van der Waals surface area (Å²) in [6.07, 6.45) is 1.77. The minimum absolute atomic E-state index is 0.202. The number of nitrogens with zero attached hydrogens (tertiary/aromatic N) is 3. The zero-order valence-electron chi connectivity index (χ0n) is 15.8. The van der Waals surface area contributed by atoms with Crippen LogP contribution in [0.15, 0.2) is 54.7 Å². The second kappa shape index (κ2) is 7.09. The molecule has 2 aromatic carbocycles. The number of hydrogen-bond acceptors (Lipinski definition) is 3. The monoisotopic (exact) mass is 390 g/mol. The van der Waals surface area contributed by atoms with Crippen molar-refractivity contribution in [1.29, 1.82) is 0 Å². The SMILES string of the molecule is Cc1ccc(Cl)cc1NC(=O)c1cc(-c2cnn(C)c2C)nc2ccccc12. The number of benzene rings is 2. The number of carbonyl (C=O) groups is 1. The van der Waals surface area contributed by atoms with E-state index in [1.807, 2.05) is 57.3 Å². The predicted octanol–water partition coefficient (Wildman–Crippen LogP) is 5.16. The van der Waals surface area contributed by atoms with E-state index in [-0.39, 0.29) is 5.91 Å². The first kappa shape index (κ1) is 18.2. The Hall–Kier alpha value is -3.18. The van der Waals surface area contributed by atoms with E-state index >= 15 is 0 Å². The van der Waals surface area contributed by atoms with Crippen LogP contribution in [0.2, 0.25) is 5.02 Å². The van der Waals surface area contributed by atoms with E-state index in [0.29, 0.717) is 16.3 Å². The van der Waals surface area contributed by atoms with Gasteiger partial charge in [0, 0.05) is 34.4 Å². The number of aromatic nitrogens is 3. The van der Waals surface area contributed by atoms with Gasteiger partial charge in [0.1, 0.15) is 0 Å². The topological polar surface area (TPSA) is 59.8 Å². The minimum Gasteiger partial charge on any atom is -0.322 e. The third-order valence-corrected chi connectivity index (χ3v) is 5.15. The summed E-state index contributed by atoms with van der Waals surface area (Å²) in [5, 5.41) is 8.66. The average Bonchev–Trinajstić information content (AvgIpc) is 3.02. The van der Waals surface area contributed by atoms with E-state index in [1.54, 1.807) is 23.0 Å². The maximum absolute atomic E-state index is 13.2. The molecule has 4 rings (SSSR count). The van der Waals surface area contributed by atoms with E-state index in [1.165, 1.54) is 0 Å². The first-order chi connectivity index (χ1) is 13.4. The number of hydrogen-bond donors (Lipinski definition) is 1. The molecule has 0 unspecified atom stereocenters. The molecule has 2 aromatic heterocycles. The maximum Gasteiger partial charge on any atom is 0.256 e. The molecule has 0 aliphatic heterocycles. The molecule has 0 atom stereocenters. The molecule has 6 heteroatoms. The van der Waals surface area contributed by atoms with Crippen LogP contribution in [0.1, 0.15) is 21.6 Å². The lowest BCUT2D eigenvalue weighted by atomic mass is 10.0. The Labute approximate surface area is 168 Å². The molecule has 5 nitrogen and oxygen atoms in total. The van der Waals surface area contributed by atoms with Crippen molar-refractivity contribution in [3.05, 3.63) is 76.6 Å².